The summed E-state index contributed by atoms with van der Waals surface area (Å²) in [5, 5.41) is 1.02. The van der Waals surface area contributed by atoms with E-state index in [2.05, 4.69) is 33.4 Å². The van der Waals surface area contributed by atoms with Crippen LogP contribution in [0.25, 0.3) is 11.4 Å². The molecule has 18 heavy (non-hydrogen) atoms. The van der Waals surface area contributed by atoms with E-state index in [1.807, 2.05) is 18.2 Å². The first kappa shape index (κ1) is 11.7. The number of hydrogen-bond acceptors (Lipinski definition) is 4. The minimum Gasteiger partial charge on any atom is -0.350 e. The zero-order valence-electron chi connectivity index (χ0n) is 10.5. The van der Waals surface area contributed by atoms with Gasteiger partial charge in [-0.05, 0) is 12.3 Å². The maximum Gasteiger partial charge on any atom is 0.205 e. The average molecular weight is 259 g/mol. The molecule has 3 nitrogen and oxygen atoms in total. The third kappa shape index (κ3) is 2.70. The Morgan fingerprint density at radius 1 is 1.28 bits per heavy atom. The second-order valence-corrected chi connectivity index (χ2v) is 5.65. The van der Waals surface area contributed by atoms with Crippen LogP contribution in [0.5, 0.6) is 0 Å². The number of hydrogen-bond donors (Lipinski definition) is 0. The normalized spacial score (nSPS) is 14.7. The summed E-state index contributed by atoms with van der Waals surface area (Å²) < 4.78 is 4.44. The number of rotatable bonds is 5. The van der Waals surface area contributed by atoms with Crippen molar-refractivity contribution in [1.29, 1.82) is 0 Å². The molecule has 0 atom stereocenters. The van der Waals surface area contributed by atoms with Crippen LogP contribution in [-0.4, -0.2) is 22.9 Å². The molecule has 1 saturated carbocycles. The molecule has 0 radical (unpaired) electrons. The van der Waals surface area contributed by atoms with Gasteiger partial charge in [0.15, 0.2) is 5.82 Å². The van der Waals surface area contributed by atoms with Crippen molar-refractivity contribution in [1.82, 2.24) is 9.36 Å². The molecule has 0 N–H and O–H groups in total. The van der Waals surface area contributed by atoms with Crippen molar-refractivity contribution in [3.63, 3.8) is 0 Å². The Hall–Kier alpha value is -1.42. The molecular formula is C14H17N3S. The molecule has 0 unspecified atom stereocenters. The van der Waals surface area contributed by atoms with E-state index in [1.165, 1.54) is 30.8 Å². The molecule has 2 aromatic rings. The second-order valence-electron chi connectivity index (χ2n) is 4.92. The van der Waals surface area contributed by atoms with E-state index in [4.69, 9.17) is 0 Å². The van der Waals surface area contributed by atoms with Gasteiger partial charge in [-0.15, -0.1) is 0 Å². The van der Waals surface area contributed by atoms with Crippen LogP contribution in [0.4, 0.5) is 5.13 Å². The zero-order chi connectivity index (χ0) is 12.4. The lowest BCUT2D eigenvalue weighted by molar-refractivity contribution is 0.710. The molecule has 1 aromatic carbocycles. The van der Waals surface area contributed by atoms with Gasteiger partial charge in [-0.25, -0.2) is 0 Å². The Morgan fingerprint density at radius 3 is 2.78 bits per heavy atom. The smallest absolute Gasteiger partial charge is 0.205 e. The third-order valence-corrected chi connectivity index (χ3v) is 4.17. The molecule has 0 saturated heterocycles. The van der Waals surface area contributed by atoms with Gasteiger partial charge in [-0.3, -0.25) is 0 Å². The highest BCUT2D eigenvalue weighted by Gasteiger charge is 2.21. The molecule has 3 rings (SSSR count). The average Bonchev–Trinajstić information content (AvgIpc) is 3.11. The first-order valence-electron chi connectivity index (χ1n) is 6.43. The van der Waals surface area contributed by atoms with Crippen LogP contribution in [0.2, 0.25) is 0 Å². The second kappa shape index (κ2) is 5.06. The topological polar surface area (TPSA) is 29.0 Å². The highest BCUT2D eigenvalue weighted by atomic mass is 32.1. The van der Waals surface area contributed by atoms with Crippen LogP contribution >= 0.6 is 11.5 Å². The molecule has 0 aliphatic heterocycles. The Balaban J connectivity index is 1.68. The first-order chi connectivity index (χ1) is 8.83. The van der Waals surface area contributed by atoms with Gasteiger partial charge in [0.05, 0.1) is 0 Å². The Labute approximate surface area is 112 Å². The minimum atomic E-state index is 0.842. The van der Waals surface area contributed by atoms with Gasteiger partial charge in [-0.1, -0.05) is 43.2 Å². The Kier molecular flexibility index (Phi) is 3.28. The van der Waals surface area contributed by atoms with Crippen molar-refractivity contribution < 1.29 is 0 Å². The van der Waals surface area contributed by atoms with Crippen LogP contribution in [0.3, 0.4) is 0 Å². The summed E-state index contributed by atoms with van der Waals surface area (Å²) in [7, 11) is 2.11. The predicted molar refractivity (Wildman–Crippen MR) is 76.0 cm³/mol. The summed E-state index contributed by atoms with van der Waals surface area (Å²) in [6.45, 7) is 1.09. The summed E-state index contributed by atoms with van der Waals surface area (Å²) in [6.07, 6.45) is 4.12. The molecule has 1 fully saturated rings. The molecule has 1 aliphatic carbocycles. The van der Waals surface area contributed by atoms with Crippen LogP contribution in [-0.2, 0) is 0 Å². The fraction of sp³-hybridized carbons (Fsp3) is 0.429. The largest absolute Gasteiger partial charge is 0.350 e. The summed E-state index contributed by atoms with van der Waals surface area (Å²) in [5.74, 6) is 1.81. The molecule has 0 spiro atoms. The van der Waals surface area contributed by atoms with Crippen molar-refractivity contribution in [2.24, 2.45) is 5.92 Å². The molecule has 1 aliphatic rings. The van der Waals surface area contributed by atoms with E-state index < -0.39 is 0 Å². The van der Waals surface area contributed by atoms with E-state index >= 15 is 0 Å². The van der Waals surface area contributed by atoms with Gasteiger partial charge in [0.25, 0.3) is 0 Å². The fourth-order valence-corrected chi connectivity index (χ4v) is 2.63. The fourth-order valence-electron chi connectivity index (χ4n) is 1.95. The van der Waals surface area contributed by atoms with E-state index in [0.29, 0.717) is 0 Å². The standard InChI is InChI=1S/C14H17N3S/c1-17(10-9-11-7-8-11)14-15-13(16-18-14)12-5-3-2-4-6-12/h2-6,11H,7-10H2,1H3. The van der Waals surface area contributed by atoms with Crippen molar-refractivity contribution in [2.75, 3.05) is 18.5 Å². The van der Waals surface area contributed by atoms with E-state index in [-0.39, 0.29) is 0 Å². The Bertz CT molecular complexity index is 505. The molecule has 1 heterocycles. The van der Waals surface area contributed by atoms with Crippen molar-refractivity contribution in [2.45, 2.75) is 19.3 Å². The van der Waals surface area contributed by atoms with Gasteiger partial charge in [0.2, 0.25) is 5.13 Å². The van der Waals surface area contributed by atoms with Crippen LogP contribution in [0.1, 0.15) is 19.3 Å². The summed E-state index contributed by atoms with van der Waals surface area (Å²) in [4.78, 5) is 6.84. The summed E-state index contributed by atoms with van der Waals surface area (Å²) in [5.41, 5.74) is 1.09. The summed E-state index contributed by atoms with van der Waals surface area (Å²) in [6, 6.07) is 10.2. The highest BCUT2D eigenvalue weighted by molar-refractivity contribution is 7.09. The monoisotopic (exact) mass is 259 g/mol. The molecule has 0 amide bonds. The van der Waals surface area contributed by atoms with Gasteiger partial charge in [0, 0.05) is 30.7 Å². The lowest BCUT2D eigenvalue weighted by Gasteiger charge is -2.14. The highest BCUT2D eigenvalue weighted by Crippen LogP contribution is 2.33. The minimum absolute atomic E-state index is 0.842. The Morgan fingerprint density at radius 2 is 2.06 bits per heavy atom. The van der Waals surface area contributed by atoms with Gasteiger partial charge in [-0.2, -0.15) is 9.36 Å². The van der Waals surface area contributed by atoms with Gasteiger partial charge < -0.3 is 4.90 Å². The molecule has 1 aromatic heterocycles. The number of nitrogens with zero attached hydrogens (tertiary/aromatic N) is 3. The van der Waals surface area contributed by atoms with Crippen molar-refractivity contribution in [3.8, 4) is 11.4 Å². The van der Waals surface area contributed by atoms with E-state index in [1.54, 1.807) is 0 Å². The zero-order valence-corrected chi connectivity index (χ0v) is 11.4. The summed E-state index contributed by atoms with van der Waals surface area (Å²) >= 11 is 1.49. The molecular weight excluding hydrogens is 242 g/mol. The lowest BCUT2D eigenvalue weighted by Crippen LogP contribution is -2.18. The van der Waals surface area contributed by atoms with E-state index in [9.17, 15) is 0 Å². The van der Waals surface area contributed by atoms with Crippen molar-refractivity contribution in [3.05, 3.63) is 30.3 Å². The van der Waals surface area contributed by atoms with Gasteiger partial charge >= 0.3 is 0 Å². The maximum atomic E-state index is 4.61. The predicted octanol–water partition coefficient (Wildman–Crippen LogP) is 3.44. The molecule has 4 heteroatoms. The molecule has 94 valence electrons. The number of benzene rings is 1. The number of aromatic nitrogens is 2. The van der Waals surface area contributed by atoms with Crippen molar-refractivity contribution >= 4 is 16.7 Å². The molecule has 0 bridgehead atoms. The third-order valence-electron chi connectivity index (χ3n) is 3.34. The van der Waals surface area contributed by atoms with Crippen LogP contribution in [0, 0.1) is 5.92 Å². The maximum absolute atomic E-state index is 4.61. The quantitative estimate of drug-likeness (QED) is 0.823. The van der Waals surface area contributed by atoms with E-state index in [0.717, 1.165) is 29.0 Å². The lowest BCUT2D eigenvalue weighted by atomic mass is 10.2. The van der Waals surface area contributed by atoms with Crippen LogP contribution < -0.4 is 4.90 Å². The first-order valence-corrected chi connectivity index (χ1v) is 7.20. The number of anilines is 1. The van der Waals surface area contributed by atoms with Crippen LogP contribution in [0.15, 0.2) is 30.3 Å². The SMILES string of the molecule is CN(CCC1CC1)c1nc(-c2ccccc2)ns1. The van der Waals surface area contributed by atoms with Gasteiger partial charge in [0.1, 0.15) is 0 Å².